The smallest absolute Gasteiger partial charge is 0.146 e. The number of halogens is 3. The van der Waals surface area contributed by atoms with Gasteiger partial charge in [0.15, 0.2) is 0 Å². The van der Waals surface area contributed by atoms with E-state index in [9.17, 15) is 8.78 Å². The monoisotopic (exact) mass is 326 g/mol. The second-order valence-corrected chi connectivity index (χ2v) is 4.93. The minimum atomic E-state index is -0.373. The number of hydrogen-bond donors (Lipinski definition) is 2. The Balaban J connectivity index is 2.30. The van der Waals surface area contributed by atoms with Crippen LogP contribution in [0.4, 0.5) is 14.5 Å². The molecule has 2 nitrogen and oxygen atoms in total. The average molecular weight is 327 g/mol. The van der Waals surface area contributed by atoms with E-state index < -0.39 is 0 Å². The maximum Gasteiger partial charge on any atom is 0.146 e. The summed E-state index contributed by atoms with van der Waals surface area (Å²) in [4.78, 5) is 0. The van der Waals surface area contributed by atoms with Crippen molar-refractivity contribution in [3.8, 4) is 0 Å². The molecule has 0 amide bonds. The van der Waals surface area contributed by atoms with Crippen LogP contribution in [0.5, 0.6) is 0 Å². The van der Waals surface area contributed by atoms with Crippen molar-refractivity contribution in [1.82, 2.24) is 0 Å². The Hall–Kier alpha value is -1.46. The molecule has 0 heterocycles. The molecule has 2 rings (SSSR count). The second-order valence-electron chi connectivity index (χ2n) is 4.08. The minimum absolute atomic E-state index is 0.219. The molecule has 0 saturated carbocycles. The molecule has 0 saturated heterocycles. The van der Waals surface area contributed by atoms with Gasteiger partial charge in [0.1, 0.15) is 11.6 Å². The van der Waals surface area contributed by atoms with Crippen LogP contribution in [-0.4, -0.2) is 6.54 Å². The molecule has 3 N–H and O–H groups in total. The normalized spacial score (nSPS) is 12.2. The van der Waals surface area contributed by atoms with Crippen molar-refractivity contribution in [3.05, 3.63) is 64.1 Å². The molecule has 0 aliphatic carbocycles. The lowest BCUT2D eigenvalue weighted by Gasteiger charge is -2.20. The van der Waals surface area contributed by atoms with Crippen molar-refractivity contribution >= 4 is 21.6 Å². The minimum Gasteiger partial charge on any atom is -0.375 e. The maximum absolute atomic E-state index is 13.6. The fraction of sp³-hybridized carbons (Fsp3) is 0.143. The first-order valence-electron chi connectivity index (χ1n) is 5.78. The quantitative estimate of drug-likeness (QED) is 0.895. The molecule has 0 aromatic heterocycles. The van der Waals surface area contributed by atoms with Crippen LogP contribution in [-0.2, 0) is 0 Å². The molecule has 2 aromatic rings. The van der Waals surface area contributed by atoms with Crippen LogP contribution >= 0.6 is 15.9 Å². The molecule has 2 aromatic carbocycles. The summed E-state index contributed by atoms with van der Waals surface area (Å²) in [5.41, 5.74) is 6.69. The Morgan fingerprint density at radius 2 is 1.89 bits per heavy atom. The van der Waals surface area contributed by atoms with Crippen molar-refractivity contribution in [2.24, 2.45) is 5.73 Å². The maximum atomic E-state index is 13.6. The Labute approximate surface area is 118 Å². The summed E-state index contributed by atoms with van der Waals surface area (Å²) in [5, 5.41) is 2.98. The Bertz CT molecular complexity index is 575. The van der Waals surface area contributed by atoms with Crippen LogP contribution in [0.15, 0.2) is 46.9 Å². The summed E-state index contributed by atoms with van der Waals surface area (Å²) < 4.78 is 27.6. The summed E-state index contributed by atoms with van der Waals surface area (Å²) in [6.45, 7) is 0.219. The Morgan fingerprint density at radius 1 is 1.16 bits per heavy atom. The first-order valence-corrected chi connectivity index (χ1v) is 6.57. The van der Waals surface area contributed by atoms with Crippen LogP contribution in [0.2, 0.25) is 0 Å². The molecule has 0 bridgehead atoms. The third kappa shape index (κ3) is 3.30. The molecule has 0 aliphatic rings. The van der Waals surface area contributed by atoms with E-state index in [0.29, 0.717) is 11.3 Å². The highest BCUT2D eigenvalue weighted by Gasteiger charge is 2.15. The zero-order chi connectivity index (χ0) is 13.8. The number of nitrogens with one attached hydrogen (secondary N) is 1. The number of benzene rings is 2. The lowest BCUT2D eigenvalue weighted by Crippen LogP contribution is -2.21. The van der Waals surface area contributed by atoms with E-state index >= 15 is 0 Å². The molecule has 1 unspecified atom stereocenters. The van der Waals surface area contributed by atoms with Gasteiger partial charge in [0.05, 0.1) is 11.7 Å². The van der Waals surface area contributed by atoms with Crippen LogP contribution in [0.1, 0.15) is 11.6 Å². The highest BCUT2D eigenvalue weighted by Crippen LogP contribution is 2.27. The molecule has 100 valence electrons. The van der Waals surface area contributed by atoms with Crippen molar-refractivity contribution in [3.63, 3.8) is 0 Å². The van der Waals surface area contributed by atoms with Crippen molar-refractivity contribution in [1.29, 1.82) is 0 Å². The average Bonchev–Trinajstić information content (AvgIpc) is 2.41. The third-order valence-electron chi connectivity index (χ3n) is 2.77. The van der Waals surface area contributed by atoms with Gasteiger partial charge < -0.3 is 11.1 Å². The Kier molecular flexibility index (Phi) is 4.50. The summed E-state index contributed by atoms with van der Waals surface area (Å²) >= 11 is 3.35. The molecule has 19 heavy (non-hydrogen) atoms. The predicted molar refractivity (Wildman–Crippen MR) is 75.9 cm³/mol. The van der Waals surface area contributed by atoms with E-state index in [2.05, 4.69) is 21.2 Å². The van der Waals surface area contributed by atoms with Gasteiger partial charge in [0.25, 0.3) is 0 Å². The van der Waals surface area contributed by atoms with Gasteiger partial charge in [0.2, 0.25) is 0 Å². The first kappa shape index (κ1) is 14.0. The van der Waals surface area contributed by atoms with Crippen molar-refractivity contribution in [2.45, 2.75) is 6.04 Å². The second kappa shape index (κ2) is 6.12. The van der Waals surface area contributed by atoms with Gasteiger partial charge in [-0.05, 0) is 35.9 Å². The lowest BCUT2D eigenvalue weighted by atomic mass is 10.1. The number of rotatable bonds is 4. The fourth-order valence-electron chi connectivity index (χ4n) is 1.81. The number of nitrogens with two attached hydrogens (primary N) is 1. The van der Waals surface area contributed by atoms with E-state index in [0.717, 1.165) is 4.47 Å². The molecule has 0 fully saturated rings. The Morgan fingerprint density at radius 3 is 2.58 bits per heavy atom. The topological polar surface area (TPSA) is 38.0 Å². The van der Waals surface area contributed by atoms with Crippen LogP contribution in [0, 0.1) is 11.6 Å². The number of para-hydroxylation sites is 1. The number of hydrogen-bond acceptors (Lipinski definition) is 2. The largest absolute Gasteiger partial charge is 0.375 e. The summed E-state index contributed by atoms with van der Waals surface area (Å²) in [6, 6.07) is 10.3. The van der Waals surface area contributed by atoms with E-state index in [1.165, 1.54) is 18.2 Å². The number of anilines is 1. The zero-order valence-electron chi connectivity index (χ0n) is 10.0. The van der Waals surface area contributed by atoms with E-state index in [1.54, 1.807) is 24.3 Å². The van der Waals surface area contributed by atoms with Gasteiger partial charge in [0, 0.05) is 11.0 Å². The molecular weight excluding hydrogens is 314 g/mol. The van der Waals surface area contributed by atoms with Gasteiger partial charge >= 0.3 is 0 Å². The third-order valence-corrected chi connectivity index (χ3v) is 3.49. The van der Waals surface area contributed by atoms with Crippen molar-refractivity contribution in [2.75, 3.05) is 11.9 Å². The van der Waals surface area contributed by atoms with Crippen molar-refractivity contribution < 1.29 is 8.78 Å². The lowest BCUT2D eigenvalue weighted by molar-refractivity contribution is 0.617. The standard InChI is InChI=1S/C14H13BrF2N2/c15-11-6-5-9(16)7-10(11)14(8-18)19-13-4-2-1-3-12(13)17/h1-7,14,19H,8,18H2. The fourth-order valence-corrected chi connectivity index (χ4v) is 2.33. The molecule has 0 spiro atoms. The highest BCUT2D eigenvalue weighted by atomic mass is 79.9. The molecule has 0 aliphatic heterocycles. The molecular formula is C14H13BrF2N2. The molecule has 0 radical (unpaired) electrons. The van der Waals surface area contributed by atoms with Gasteiger partial charge in [-0.15, -0.1) is 0 Å². The van der Waals surface area contributed by atoms with Gasteiger partial charge in [-0.3, -0.25) is 0 Å². The summed E-state index contributed by atoms with van der Waals surface area (Å²) in [7, 11) is 0. The molecule has 1 atom stereocenters. The van der Waals surface area contributed by atoms with Crippen LogP contribution < -0.4 is 11.1 Å². The van der Waals surface area contributed by atoms with Crippen LogP contribution in [0.25, 0.3) is 0 Å². The summed E-state index contributed by atoms with van der Waals surface area (Å²) in [5.74, 6) is -0.722. The van der Waals surface area contributed by atoms with Gasteiger partial charge in [-0.25, -0.2) is 8.78 Å². The van der Waals surface area contributed by atoms with Gasteiger partial charge in [-0.1, -0.05) is 28.1 Å². The highest BCUT2D eigenvalue weighted by molar-refractivity contribution is 9.10. The van der Waals surface area contributed by atoms with E-state index in [1.807, 2.05) is 0 Å². The molecule has 5 heteroatoms. The van der Waals surface area contributed by atoms with E-state index in [4.69, 9.17) is 5.73 Å². The SMILES string of the molecule is NCC(Nc1ccccc1F)c1cc(F)ccc1Br. The predicted octanol–water partition coefficient (Wildman–Crippen LogP) is 3.84. The summed E-state index contributed by atoms with van der Waals surface area (Å²) in [6.07, 6.45) is 0. The van der Waals surface area contributed by atoms with E-state index in [-0.39, 0.29) is 24.2 Å². The first-order chi connectivity index (χ1) is 9.11. The van der Waals surface area contributed by atoms with Crippen LogP contribution in [0.3, 0.4) is 0 Å². The zero-order valence-corrected chi connectivity index (χ0v) is 11.6. The van der Waals surface area contributed by atoms with Gasteiger partial charge in [-0.2, -0.15) is 0 Å².